The van der Waals surface area contributed by atoms with Crippen LogP contribution in [-0.4, -0.2) is 9.03 Å². The fraction of sp³-hybridized carbons (Fsp3) is 0.133. The van der Waals surface area contributed by atoms with Crippen molar-refractivity contribution in [3.8, 4) is 0 Å². The number of nitrogens with zero attached hydrogens (tertiary/aromatic N) is 1. The van der Waals surface area contributed by atoms with Crippen LogP contribution in [-0.2, 0) is 0 Å². The van der Waals surface area contributed by atoms with Gasteiger partial charge in [-0.1, -0.05) is 65.1 Å². The third-order valence-corrected chi connectivity index (χ3v) is 5.13. The summed E-state index contributed by atoms with van der Waals surface area (Å²) < 4.78 is 0.631. The van der Waals surface area contributed by atoms with Crippen molar-refractivity contribution >= 4 is 80.9 Å². The summed E-state index contributed by atoms with van der Waals surface area (Å²) in [7, 11) is 0. The highest BCUT2D eigenvalue weighted by molar-refractivity contribution is 14.1. The molecule has 0 atom stereocenters. The average molecular weight is 487 g/mol. The number of hydrogen-bond donors (Lipinski definition) is 0. The molecule has 0 N–H and O–H groups in total. The number of para-hydroxylation sites is 1. The number of hydrogen-bond acceptors (Lipinski definition) is 2. The van der Waals surface area contributed by atoms with Gasteiger partial charge in [0.15, 0.2) is 0 Å². The van der Waals surface area contributed by atoms with E-state index in [1.54, 1.807) is 6.07 Å². The van der Waals surface area contributed by atoms with Crippen molar-refractivity contribution in [1.82, 2.24) is 0 Å². The Morgan fingerprint density at radius 2 is 1.68 bits per heavy atom. The summed E-state index contributed by atoms with van der Waals surface area (Å²) >= 11 is 20.7. The van der Waals surface area contributed by atoms with E-state index in [4.69, 9.17) is 34.8 Å². The van der Waals surface area contributed by atoms with Crippen LogP contribution < -0.4 is 4.31 Å². The molecule has 0 aliphatic rings. The van der Waals surface area contributed by atoms with Crippen LogP contribution in [0.4, 0.5) is 5.69 Å². The minimum absolute atomic E-state index is 0.226. The largest absolute Gasteiger partial charge is 0.269 e. The molecule has 0 radical (unpaired) electrons. The second-order valence-corrected chi connectivity index (χ2v) is 9.68. The minimum atomic E-state index is -1.64. The van der Waals surface area contributed by atoms with Crippen molar-refractivity contribution < 1.29 is 4.79 Å². The number of anilines is 1. The molecule has 2 aromatic carbocycles. The first-order valence-electron chi connectivity index (χ1n) is 6.20. The van der Waals surface area contributed by atoms with Crippen LogP contribution in [0.2, 0.25) is 0 Å². The number of halogens is 4. The Morgan fingerprint density at radius 1 is 1.09 bits per heavy atom. The number of alkyl halides is 3. The number of amides is 1. The molecule has 0 aliphatic heterocycles. The lowest BCUT2D eigenvalue weighted by Gasteiger charge is -2.26. The lowest BCUT2D eigenvalue weighted by molar-refractivity contribution is 0.101. The van der Waals surface area contributed by atoms with Crippen LogP contribution in [0.1, 0.15) is 15.9 Å². The second-order valence-electron chi connectivity index (χ2n) is 4.40. The van der Waals surface area contributed by atoms with Crippen molar-refractivity contribution in [1.29, 1.82) is 0 Å². The van der Waals surface area contributed by atoms with E-state index in [-0.39, 0.29) is 5.91 Å². The van der Waals surface area contributed by atoms with E-state index in [0.29, 0.717) is 11.3 Å². The average Bonchev–Trinajstić information content (AvgIpc) is 2.44. The Balaban J connectivity index is 2.48. The molecule has 0 unspecified atom stereocenters. The fourth-order valence-corrected chi connectivity index (χ4v) is 3.77. The summed E-state index contributed by atoms with van der Waals surface area (Å²) in [6.07, 6.45) is 0. The van der Waals surface area contributed by atoms with Gasteiger partial charge in [0.05, 0.1) is 11.3 Å². The van der Waals surface area contributed by atoms with Crippen molar-refractivity contribution in [3.05, 3.63) is 63.2 Å². The molecule has 2 nitrogen and oxygen atoms in total. The van der Waals surface area contributed by atoms with Crippen LogP contribution in [0.3, 0.4) is 0 Å². The Hall–Kier alpha value is -0.140. The SMILES string of the molecule is Cc1ccccc1N(SC(Cl)(Cl)Cl)C(=O)c1ccccc1I. The van der Waals surface area contributed by atoms with E-state index in [1.165, 1.54) is 4.31 Å². The van der Waals surface area contributed by atoms with Crippen LogP contribution in [0.25, 0.3) is 0 Å². The number of carbonyl (C=O) groups is 1. The van der Waals surface area contributed by atoms with Gasteiger partial charge >= 0.3 is 0 Å². The van der Waals surface area contributed by atoms with Gasteiger partial charge in [0.2, 0.25) is 0 Å². The zero-order valence-electron chi connectivity index (χ0n) is 11.4. The molecule has 0 aliphatic carbocycles. The van der Waals surface area contributed by atoms with E-state index in [2.05, 4.69) is 22.6 Å². The van der Waals surface area contributed by atoms with E-state index in [9.17, 15) is 4.79 Å². The minimum Gasteiger partial charge on any atom is -0.268 e. The van der Waals surface area contributed by atoms with E-state index >= 15 is 0 Å². The van der Waals surface area contributed by atoms with Crippen LogP contribution in [0, 0.1) is 10.5 Å². The molecule has 0 bridgehead atoms. The molecule has 1 amide bonds. The Bertz CT molecular complexity index is 690. The highest BCUT2D eigenvalue weighted by Crippen LogP contribution is 2.44. The van der Waals surface area contributed by atoms with Crippen LogP contribution >= 0.6 is 69.3 Å². The molecule has 0 aromatic heterocycles. The van der Waals surface area contributed by atoms with Gasteiger partial charge in [-0.15, -0.1) is 0 Å². The maximum Gasteiger partial charge on any atom is 0.269 e. The molecule has 0 saturated heterocycles. The summed E-state index contributed by atoms with van der Waals surface area (Å²) in [6.45, 7) is 1.91. The van der Waals surface area contributed by atoms with Crippen molar-refractivity contribution in [2.75, 3.05) is 4.31 Å². The molecule has 22 heavy (non-hydrogen) atoms. The van der Waals surface area contributed by atoms with Gasteiger partial charge in [-0.25, -0.2) is 4.31 Å². The first-order valence-corrected chi connectivity index (χ1v) is 9.18. The van der Waals surface area contributed by atoms with Gasteiger partial charge in [0.25, 0.3) is 9.03 Å². The number of rotatable bonds is 3. The molecular formula is C15H11Cl3INOS. The molecule has 2 aromatic rings. The highest BCUT2D eigenvalue weighted by atomic mass is 127. The predicted molar refractivity (Wildman–Crippen MR) is 105 cm³/mol. The summed E-state index contributed by atoms with van der Waals surface area (Å²) in [5.41, 5.74) is 2.18. The molecule has 0 saturated carbocycles. The summed E-state index contributed by atoms with van der Waals surface area (Å²) in [5, 5.41) is 0. The van der Waals surface area contributed by atoms with Crippen LogP contribution in [0.5, 0.6) is 0 Å². The smallest absolute Gasteiger partial charge is 0.268 e. The summed E-state index contributed by atoms with van der Waals surface area (Å²) in [6, 6.07) is 14.8. The first-order chi connectivity index (χ1) is 10.3. The van der Waals surface area contributed by atoms with E-state index < -0.39 is 3.12 Å². The van der Waals surface area contributed by atoms with Gasteiger partial charge in [-0.2, -0.15) is 0 Å². The molecule has 0 spiro atoms. The third kappa shape index (κ3) is 4.68. The van der Waals surface area contributed by atoms with Gasteiger partial charge in [-0.05, 0) is 53.3 Å². The number of aryl methyl sites for hydroxylation is 1. The van der Waals surface area contributed by atoms with Crippen molar-refractivity contribution in [2.45, 2.75) is 10.0 Å². The Labute approximate surface area is 162 Å². The van der Waals surface area contributed by atoms with Crippen molar-refractivity contribution in [2.24, 2.45) is 0 Å². The predicted octanol–water partition coefficient (Wildman–Crippen LogP) is 6.22. The van der Waals surface area contributed by atoms with Crippen LogP contribution in [0.15, 0.2) is 48.5 Å². The van der Waals surface area contributed by atoms with Gasteiger partial charge in [0.1, 0.15) is 0 Å². The third-order valence-electron chi connectivity index (χ3n) is 2.82. The molecule has 0 fully saturated rings. The molecule has 7 heteroatoms. The monoisotopic (exact) mass is 485 g/mol. The standard InChI is InChI=1S/C15H11Cl3INOS/c1-10-6-2-5-9-13(10)20(22-15(16,17)18)14(21)11-7-3-4-8-12(11)19/h2-9H,1H3. The molecule has 0 heterocycles. The topological polar surface area (TPSA) is 20.3 Å². The van der Waals surface area contributed by atoms with Gasteiger partial charge < -0.3 is 0 Å². The zero-order valence-corrected chi connectivity index (χ0v) is 16.6. The zero-order chi connectivity index (χ0) is 16.3. The number of benzene rings is 2. The quantitative estimate of drug-likeness (QED) is 0.292. The normalized spacial score (nSPS) is 11.3. The lowest BCUT2D eigenvalue weighted by atomic mass is 10.1. The maximum atomic E-state index is 12.9. The van der Waals surface area contributed by atoms with Gasteiger partial charge in [0, 0.05) is 15.5 Å². The van der Waals surface area contributed by atoms with Crippen molar-refractivity contribution in [3.63, 3.8) is 0 Å². The Morgan fingerprint density at radius 3 is 2.27 bits per heavy atom. The number of carbonyl (C=O) groups excluding carboxylic acids is 1. The molecular weight excluding hydrogens is 476 g/mol. The lowest BCUT2D eigenvalue weighted by Crippen LogP contribution is -2.28. The second kappa shape index (κ2) is 7.62. The Kier molecular flexibility index (Phi) is 6.30. The summed E-state index contributed by atoms with van der Waals surface area (Å²) in [4.78, 5) is 12.9. The summed E-state index contributed by atoms with van der Waals surface area (Å²) in [5.74, 6) is -0.226. The molecule has 116 valence electrons. The van der Waals surface area contributed by atoms with Gasteiger partial charge in [-0.3, -0.25) is 4.79 Å². The molecule has 2 rings (SSSR count). The fourth-order valence-electron chi connectivity index (χ4n) is 1.84. The van der Waals surface area contributed by atoms with E-state index in [0.717, 1.165) is 21.1 Å². The van der Waals surface area contributed by atoms with E-state index in [1.807, 2.05) is 49.4 Å². The first kappa shape index (κ1) is 18.2. The maximum absolute atomic E-state index is 12.9. The highest BCUT2D eigenvalue weighted by Gasteiger charge is 2.31.